The van der Waals surface area contributed by atoms with Gasteiger partial charge in [-0.05, 0) is 48.1 Å². The van der Waals surface area contributed by atoms with Gasteiger partial charge in [-0.3, -0.25) is 0 Å². The normalized spacial score (nSPS) is 46.4. The largest absolute Gasteiger partial charge is 0.392 e. The van der Waals surface area contributed by atoms with Crippen molar-refractivity contribution in [1.29, 1.82) is 0 Å². The zero-order valence-corrected chi connectivity index (χ0v) is 12.7. The van der Waals surface area contributed by atoms with Crippen LogP contribution in [0.25, 0.3) is 0 Å². The van der Waals surface area contributed by atoms with E-state index in [0.717, 1.165) is 24.2 Å². The molecular weight excluding hydrogens is 243 g/mol. The van der Waals surface area contributed by atoms with E-state index in [9.17, 15) is 5.11 Å². The Morgan fingerprint density at radius 1 is 1.20 bits per heavy atom. The minimum absolute atomic E-state index is 0.125. The lowest BCUT2D eigenvalue weighted by atomic mass is 9.53. The minimum atomic E-state index is -0.125. The molecule has 106 valence electrons. The number of benzene rings is 1. The molecule has 1 aromatic rings. The molecule has 3 aliphatic rings. The summed E-state index contributed by atoms with van der Waals surface area (Å²) in [7, 11) is 2.42. The number of aliphatic hydroxyl groups excluding tert-OH is 1. The highest BCUT2D eigenvalue weighted by Crippen LogP contribution is 2.62. The molecule has 1 nitrogen and oxygen atoms in total. The zero-order valence-electron chi connectivity index (χ0n) is 12.7. The van der Waals surface area contributed by atoms with E-state index in [1.54, 1.807) is 0 Å². The average Bonchev–Trinajstić information content (AvgIpc) is 2.74. The van der Waals surface area contributed by atoms with Gasteiger partial charge in [-0.1, -0.05) is 49.3 Å². The van der Waals surface area contributed by atoms with E-state index in [0.29, 0.717) is 11.2 Å². The molecule has 0 aromatic heterocycles. The number of rotatable bonds is 0. The topological polar surface area (TPSA) is 20.2 Å². The Hall–Kier alpha value is -0.755. The zero-order chi connectivity index (χ0) is 13.9. The van der Waals surface area contributed by atoms with Gasteiger partial charge < -0.3 is 5.11 Å². The summed E-state index contributed by atoms with van der Waals surface area (Å²) in [6.45, 7) is 2.42. The molecule has 0 bridgehead atoms. The Bertz CT molecular complexity index is 524. The number of fused-ring (bicyclic) bond motifs is 5. The Balaban J connectivity index is 1.73. The predicted octanol–water partition coefficient (Wildman–Crippen LogP) is 2.94. The molecule has 1 aromatic carbocycles. The molecule has 0 heterocycles. The molecule has 3 aliphatic carbocycles. The summed E-state index contributed by atoms with van der Waals surface area (Å²) in [5.41, 5.74) is 2.95. The Morgan fingerprint density at radius 2 is 2.00 bits per heavy atom. The molecule has 0 aliphatic heterocycles. The number of aryl methyl sites for hydroxylation is 1. The molecule has 2 heteroatoms. The van der Waals surface area contributed by atoms with Crippen LogP contribution in [-0.2, 0) is 6.42 Å². The molecule has 0 spiro atoms. The van der Waals surface area contributed by atoms with Crippen LogP contribution in [0.3, 0.4) is 0 Å². The summed E-state index contributed by atoms with van der Waals surface area (Å²) in [5, 5.41) is 11.3. The summed E-state index contributed by atoms with van der Waals surface area (Å²) in [4.78, 5) is 0. The Morgan fingerprint density at radius 3 is 2.85 bits per heavy atom. The monoisotopic (exact) mass is 268 g/mol. The van der Waals surface area contributed by atoms with Gasteiger partial charge in [0.1, 0.15) is 7.85 Å². The van der Waals surface area contributed by atoms with Gasteiger partial charge in [0, 0.05) is 5.92 Å². The molecular formula is C18H25BO. The van der Waals surface area contributed by atoms with Crippen molar-refractivity contribution in [2.75, 3.05) is 0 Å². The second-order valence-corrected chi connectivity index (χ2v) is 8.03. The van der Waals surface area contributed by atoms with Crippen LogP contribution in [0, 0.1) is 17.8 Å². The maximum Gasteiger partial charge on any atom is 0.109 e. The molecule has 1 N–H and O–H groups in total. The first-order valence-electron chi connectivity index (χ1n) is 8.34. The number of hydrogen-bond donors (Lipinski definition) is 1. The average molecular weight is 268 g/mol. The quantitative estimate of drug-likeness (QED) is 0.717. The van der Waals surface area contributed by atoms with Crippen molar-refractivity contribution in [2.24, 2.45) is 17.8 Å². The van der Waals surface area contributed by atoms with Crippen molar-refractivity contribution in [2.45, 2.75) is 56.4 Å². The lowest BCUT2D eigenvalue weighted by Crippen LogP contribution is -2.44. The number of hydrogen-bond acceptors (Lipinski definition) is 1. The predicted molar refractivity (Wildman–Crippen MR) is 84.7 cm³/mol. The molecule has 2 saturated carbocycles. The van der Waals surface area contributed by atoms with Crippen LogP contribution in [-0.4, -0.2) is 19.1 Å². The van der Waals surface area contributed by atoms with Crippen LogP contribution in [0.4, 0.5) is 0 Å². The van der Waals surface area contributed by atoms with Crippen molar-refractivity contribution < 1.29 is 5.11 Å². The first-order chi connectivity index (χ1) is 9.58. The smallest absolute Gasteiger partial charge is 0.109 e. The van der Waals surface area contributed by atoms with Gasteiger partial charge in [-0.15, -0.1) is 0 Å². The van der Waals surface area contributed by atoms with Crippen molar-refractivity contribution in [1.82, 2.24) is 0 Å². The lowest BCUT2D eigenvalue weighted by Gasteiger charge is -2.49. The summed E-state index contributed by atoms with van der Waals surface area (Å²) in [6, 6.07) is 8.84. The molecule has 6 atom stereocenters. The molecule has 5 unspecified atom stereocenters. The van der Waals surface area contributed by atoms with E-state index in [-0.39, 0.29) is 6.10 Å². The van der Waals surface area contributed by atoms with Crippen LogP contribution in [0.1, 0.15) is 49.7 Å². The highest BCUT2D eigenvalue weighted by atomic mass is 16.3. The SMILES string of the molecule is BC1(C)CCC2C3CCc4ccccc4C3[C@@H](O)CC21. The first kappa shape index (κ1) is 12.9. The third kappa shape index (κ3) is 1.73. The van der Waals surface area contributed by atoms with E-state index in [2.05, 4.69) is 39.0 Å². The molecule has 0 saturated heterocycles. The van der Waals surface area contributed by atoms with Crippen LogP contribution < -0.4 is 0 Å². The summed E-state index contributed by atoms with van der Waals surface area (Å²) >= 11 is 0. The summed E-state index contributed by atoms with van der Waals surface area (Å²) in [6.07, 6.45) is 6.13. The van der Waals surface area contributed by atoms with Gasteiger partial charge in [-0.2, -0.15) is 0 Å². The van der Waals surface area contributed by atoms with E-state index in [4.69, 9.17) is 0 Å². The highest BCUT2D eigenvalue weighted by molar-refractivity contribution is 6.15. The highest BCUT2D eigenvalue weighted by Gasteiger charge is 2.53. The van der Waals surface area contributed by atoms with E-state index in [1.165, 1.54) is 36.8 Å². The van der Waals surface area contributed by atoms with Crippen LogP contribution in [0.2, 0.25) is 5.31 Å². The van der Waals surface area contributed by atoms with Crippen molar-refractivity contribution in [3.63, 3.8) is 0 Å². The van der Waals surface area contributed by atoms with E-state index >= 15 is 0 Å². The van der Waals surface area contributed by atoms with Gasteiger partial charge in [-0.25, -0.2) is 0 Å². The maximum atomic E-state index is 10.8. The third-order valence-electron chi connectivity index (χ3n) is 6.72. The summed E-state index contributed by atoms with van der Waals surface area (Å²) < 4.78 is 0. The molecule has 20 heavy (non-hydrogen) atoms. The Labute approximate surface area is 123 Å². The van der Waals surface area contributed by atoms with Crippen LogP contribution in [0.5, 0.6) is 0 Å². The molecule has 0 amide bonds. The summed E-state index contributed by atoms with van der Waals surface area (Å²) in [5.74, 6) is 2.73. The van der Waals surface area contributed by atoms with E-state index in [1.807, 2.05) is 0 Å². The fraction of sp³-hybridized carbons (Fsp3) is 0.667. The third-order valence-corrected chi connectivity index (χ3v) is 6.72. The lowest BCUT2D eigenvalue weighted by molar-refractivity contribution is 0.000698. The van der Waals surface area contributed by atoms with Gasteiger partial charge in [0.2, 0.25) is 0 Å². The van der Waals surface area contributed by atoms with Gasteiger partial charge in [0.15, 0.2) is 0 Å². The second kappa shape index (κ2) is 4.37. The van der Waals surface area contributed by atoms with E-state index < -0.39 is 0 Å². The second-order valence-electron chi connectivity index (χ2n) is 8.03. The van der Waals surface area contributed by atoms with Crippen LogP contribution >= 0.6 is 0 Å². The fourth-order valence-corrected chi connectivity index (χ4v) is 5.71. The first-order valence-corrected chi connectivity index (χ1v) is 8.34. The molecule has 4 rings (SSSR count). The Kier molecular flexibility index (Phi) is 2.83. The maximum absolute atomic E-state index is 10.8. The molecule has 2 fully saturated rings. The van der Waals surface area contributed by atoms with Crippen molar-refractivity contribution >= 4 is 7.85 Å². The van der Waals surface area contributed by atoms with Crippen molar-refractivity contribution in [3.8, 4) is 0 Å². The molecule has 0 radical (unpaired) electrons. The van der Waals surface area contributed by atoms with Crippen LogP contribution in [0.15, 0.2) is 24.3 Å². The van der Waals surface area contributed by atoms with Gasteiger partial charge in [0.25, 0.3) is 0 Å². The van der Waals surface area contributed by atoms with Gasteiger partial charge >= 0.3 is 0 Å². The minimum Gasteiger partial charge on any atom is -0.392 e. The fourth-order valence-electron chi connectivity index (χ4n) is 5.71. The number of aliphatic hydroxyl groups is 1. The van der Waals surface area contributed by atoms with Gasteiger partial charge in [0.05, 0.1) is 6.10 Å². The van der Waals surface area contributed by atoms with Crippen molar-refractivity contribution in [3.05, 3.63) is 35.4 Å². The standard InChI is InChI=1S/C18H25BO/c1-18(19)9-8-13-14-7-6-11-4-2-3-5-12(11)17(14)16(20)10-15(13)18/h2-5,13-17,20H,6-10,19H2,1H3/t13?,14?,15?,16-,17?,18?/m0/s1.